The maximum absolute atomic E-state index is 2.31. The molecule has 0 heteroatoms. The molecule has 16 heavy (non-hydrogen) atoms. The van der Waals surface area contributed by atoms with E-state index in [-0.39, 0.29) is 0 Å². The summed E-state index contributed by atoms with van der Waals surface area (Å²) in [7, 11) is 0. The van der Waals surface area contributed by atoms with Crippen molar-refractivity contribution in [3.63, 3.8) is 0 Å². The van der Waals surface area contributed by atoms with Crippen LogP contribution in [0.4, 0.5) is 0 Å². The summed E-state index contributed by atoms with van der Waals surface area (Å²) in [5.41, 5.74) is 1.32. The predicted molar refractivity (Wildman–Crippen MR) is 70.6 cm³/mol. The van der Waals surface area contributed by atoms with Gasteiger partial charge in [-0.15, -0.1) is 0 Å². The monoisotopic (exact) mass is 206 g/mol. The molecule has 0 unspecified atom stereocenters. The van der Waals surface area contributed by atoms with E-state index in [1.165, 1.54) is 26.8 Å². The first kappa shape index (κ1) is 9.41. The van der Waals surface area contributed by atoms with Crippen LogP contribution in [0.5, 0.6) is 0 Å². The molecule has 0 amide bonds. The Balaban J connectivity index is 2.51. The summed E-state index contributed by atoms with van der Waals surface area (Å²) in [6, 6.07) is 11.1. The van der Waals surface area contributed by atoms with Gasteiger partial charge in [0.25, 0.3) is 0 Å². The van der Waals surface area contributed by atoms with Crippen molar-refractivity contribution in [3.05, 3.63) is 58.5 Å². The van der Waals surface area contributed by atoms with Gasteiger partial charge in [0, 0.05) is 0 Å². The average molecular weight is 206 g/mol. The molecule has 0 saturated heterocycles. The van der Waals surface area contributed by atoms with Crippen LogP contribution in [-0.2, 0) is 0 Å². The highest BCUT2D eigenvalue weighted by molar-refractivity contribution is 5.84. The third kappa shape index (κ3) is 1.47. The van der Waals surface area contributed by atoms with Crippen LogP contribution in [0, 0.1) is 6.92 Å². The lowest BCUT2D eigenvalue weighted by molar-refractivity contribution is 1.46. The van der Waals surface area contributed by atoms with E-state index in [2.05, 4.69) is 61.6 Å². The van der Waals surface area contributed by atoms with Gasteiger partial charge < -0.3 is 0 Å². The number of fused-ring (bicyclic) bond motifs is 3. The van der Waals surface area contributed by atoms with E-state index >= 15 is 0 Å². The Bertz CT molecular complexity index is 688. The molecule has 2 aromatic carbocycles. The fraction of sp³-hybridized carbons (Fsp3) is 0.125. The summed E-state index contributed by atoms with van der Waals surface area (Å²) in [6.07, 6.45) is 9.87. The average Bonchev–Trinajstić information content (AvgIpc) is 2.53. The third-order valence-electron chi connectivity index (χ3n) is 3.12. The Labute approximate surface area is 95.2 Å². The lowest BCUT2D eigenvalue weighted by Gasteiger charge is -2.01. The van der Waals surface area contributed by atoms with Gasteiger partial charge in [0.15, 0.2) is 0 Å². The molecular weight excluding hydrogens is 192 g/mol. The highest BCUT2D eigenvalue weighted by Gasteiger charge is 1.97. The summed E-state index contributed by atoms with van der Waals surface area (Å²) in [6.45, 7) is 2.14. The van der Waals surface area contributed by atoms with Crippen molar-refractivity contribution < 1.29 is 0 Å². The number of hydrogen-bond acceptors (Lipinski definition) is 0. The molecule has 0 heterocycles. The normalized spacial score (nSPS) is 13.8. The van der Waals surface area contributed by atoms with Crippen LogP contribution in [0.25, 0.3) is 22.9 Å². The summed E-state index contributed by atoms with van der Waals surface area (Å²) >= 11 is 0. The van der Waals surface area contributed by atoms with Gasteiger partial charge in [0.2, 0.25) is 0 Å². The Morgan fingerprint density at radius 2 is 2.00 bits per heavy atom. The second kappa shape index (κ2) is 3.64. The van der Waals surface area contributed by atoms with E-state index in [1.54, 1.807) is 0 Å². The first-order valence-corrected chi connectivity index (χ1v) is 5.71. The highest BCUT2D eigenvalue weighted by Crippen LogP contribution is 2.11. The third-order valence-corrected chi connectivity index (χ3v) is 3.12. The van der Waals surface area contributed by atoms with Crippen LogP contribution >= 0.6 is 0 Å². The topological polar surface area (TPSA) is 0 Å². The molecule has 0 saturated carbocycles. The molecule has 78 valence electrons. The molecule has 0 bridgehead atoms. The number of hydrogen-bond donors (Lipinski definition) is 0. The fourth-order valence-electron chi connectivity index (χ4n) is 2.30. The number of aryl methyl sites for hydroxylation is 1. The van der Waals surface area contributed by atoms with Crippen LogP contribution in [0.15, 0.2) is 42.5 Å². The molecule has 0 atom stereocenters. The molecule has 3 rings (SSSR count). The minimum absolute atomic E-state index is 1.02. The van der Waals surface area contributed by atoms with E-state index in [1.807, 2.05) is 0 Å². The zero-order valence-electron chi connectivity index (χ0n) is 9.40. The molecule has 0 aromatic heterocycles. The van der Waals surface area contributed by atoms with Crippen LogP contribution in [-0.4, -0.2) is 0 Å². The highest BCUT2D eigenvalue weighted by atomic mass is 14.0. The summed E-state index contributed by atoms with van der Waals surface area (Å²) in [4.78, 5) is 0. The van der Waals surface area contributed by atoms with E-state index in [0.29, 0.717) is 0 Å². The molecule has 0 spiro atoms. The first-order chi connectivity index (χ1) is 7.84. The van der Waals surface area contributed by atoms with Crippen molar-refractivity contribution in [1.29, 1.82) is 0 Å². The Morgan fingerprint density at radius 3 is 2.94 bits per heavy atom. The molecule has 0 N–H and O–H groups in total. The second-order valence-electron chi connectivity index (χ2n) is 4.33. The van der Waals surface area contributed by atoms with E-state index in [0.717, 1.165) is 6.42 Å². The summed E-state index contributed by atoms with van der Waals surface area (Å²) in [5, 5.41) is 5.40. The minimum Gasteiger partial charge on any atom is -0.0807 e. The molecule has 0 nitrogen and oxygen atoms in total. The summed E-state index contributed by atoms with van der Waals surface area (Å²) in [5.74, 6) is 0. The van der Waals surface area contributed by atoms with Gasteiger partial charge in [-0.1, -0.05) is 60.2 Å². The maximum Gasteiger partial charge on any atom is -0.0108 e. The van der Waals surface area contributed by atoms with Crippen LogP contribution in [0.3, 0.4) is 0 Å². The van der Waals surface area contributed by atoms with Gasteiger partial charge in [-0.05, 0) is 34.6 Å². The minimum atomic E-state index is 1.02. The van der Waals surface area contributed by atoms with Crippen molar-refractivity contribution in [1.82, 2.24) is 0 Å². The lowest BCUT2D eigenvalue weighted by atomic mass is 10.0. The smallest absolute Gasteiger partial charge is 0.0108 e. The molecule has 1 aliphatic rings. The van der Waals surface area contributed by atoms with Crippen LogP contribution in [0.2, 0.25) is 0 Å². The SMILES string of the molecule is Cc1ccc2c3c(ccc2c1)=CC=CCC=3. The van der Waals surface area contributed by atoms with Crippen LogP contribution < -0.4 is 10.4 Å². The van der Waals surface area contributed by atoms with E-state index < -0.39 is 0 Å². The second-order valence-corrected chi connectivity index (χ2v) is 4.33. The number of allylic oxidation sites excluding steroid dienone is 2. The van der Waals surface area contributed by atoms with E-state index in [4.69, 9.17) is 0 Å². The van der Waals surface area contributed by atoms with Crippen LogP contribution in [0.1, 0.15) is 12.0 Å². The van der Waals surface area contributed by atoms with Crippen molar-refractivity contribution in [2.75, 3.05) is 0 Å². The molecule has 2 aromatic rings. The summed E-state index contributed by atoms with van der Waals surface area (Å²) < 4.78 is 0. The molecular formula is C16H14. The molecule has 1 aliphatic carbocycles. The lowest BCUT2D eigenvalue weighted by Crippen LogP contribution is -2.24. The maximum atomic E-state index is 2.31. The van der Waals surface area contributed by atoms with Gasteiger partial charge in [-0.2, -0.15) is 0 Å². The largest absolute Gasteiger partial charge is 0.0807 e. The van der Waals surface area contributed by atoms with E-state index in [9.17, 15) is 0 Å². The van der Waals surface area contributed by atoms with Crippen molar-refractivity contribution in [2.45, 2.75) is 13.3 Å². The van der Waals surface area contributed by atoms with Gasteiger partial charge in [0.05, 0.1) is 0 Å². The zero-order valence-corrected chi connectivity index (χ0v) is 9.40. The fourth-order valence-corrected chi connectivity index (χ4v) is 2.30. The molecule has 0 aliphatic heterocycles. The van der Waals surface area contributed by atoms with Gasteiger partial charge in [-0.3, -0.25) is 0 Å². The first-order valence-electron chi connectivity index (χ1n) is 5.71. The van der Waals surface area contributed by atoms with Crippen molar-refractivity contribution >= 4 is 22.9 Å². The van der Waals surface area contributed by atoms with Gasteiger partial charge in [0.1, 0.15) is 0 Å². The number of benzene rings is 2. The van der Waals surface area contributed by atoms with Gasteiger partial charge in [-0.25, -0.2) is 0 Å². The molecule has 0 radical (unpaired) electrons. The Morgan fingerprint density at radius 1 is 1.06 bits per heavy atom. The Kier molecular flexibility index (Phi) is 2.14. The van der Waals surface area contributed by atoms with Crippen molar-refractivity contribution in [3.8, 4) is 0 Å². The quantitative estimate of drug-likeness (QED) is 0.621. The zero-order chi connectivity index (χ0) is 11.0. The Hall–Kier alpha value is -1.82. The molecule has 0 fully saturated rings. The number of rotatable bonds is 0. The van der Waals surface area contributed by atoms with Gasteiger partial charge >= 0.3 is 0 Å². The predicted octanol–water partition coefficient (Wildman–Crippen LogP) is 2.67. The standard InChI is InChI=1S/C16H14/c1-12-7-10-16-14(11-12)9-8-13-5-3-2-4-6-15(13)16/h2-3,5-11H,4H2,1H3. The van der Waals surface area contributed by atoms with Crippen molar-refractivity contribution in [2.24, 2.45) is 0 Å².